The summed E-state index contributed by atoms with van der Waals surface area (Å²) in [4.78, 5) is 0. The van der Waals surface area contributed by atoms with Crippen molar-refractivity contribution in [3.8, 4) is 11.5 Å². The first-order valence-electron chi connectivity index (χ1n) is 13.3. The summed E-state index contributed by atoms with van der Waals surface area (Å²) in [5, 5.41) is 3.73. The first-order valence-corrected chi connectivity index (χ1v) is 17.4. The van der Waals surface area contributed by atoms with Crippen molar-refractivity contribution < 1.29 is 44.1 Å². The van der Waals surface area contributed by atoms with E-state index in [0.29, 0.717) is 50.4 Å². The van der Waals surface area contributed by atoms with Crippen molar-refractivity contribution in [1.29, 1.82) is 0 Å². The van der Waals surface area contributed by atoms with Crippen LogP contribution in [0.15, 0.2) is 10.8 Å². The summed E-state index contributed by atoms with van der Waals surface area (Å²) in [6, 6.07) is 0. The maximum absolute atomic E-state index is 12.0. The Morgan fingerprint density at radius 1 is 0.692 bits per heavy atom. The third-order valence-corrected chi connectivity index (χ3v) is 8.57. The second-order valence-electron chi connectivity index (χ2n) is 12.1. The Bertz CT molecular complexity index is 970. The smallest absolute Gasteiger partial charge is 0.267 e. The highest BCUT2D eigenvalue weighted by molar-refractivity contribution is 7.86. The summed E-state index contributed by atoms with van der Waals surface area (Å²) in [6.07, 6.45) is 1.23. The fraction of sp³-hybridized carbons (Fsp3) is 0.846. The number of unbranched alkanes of at least 4 members (excludes halogenated alkanes) is 2. The molecule has 0 radical (unpaired) electrons. The lowest BCUT2D eigenvalue weighted by Crippen LogP contribution is -2.45. The average Bonchev–Trinajstić information content (AvgIpc) is 3.27. The van der Waals surface area contributed by atoms with Gasteiger partial charge in [-0.25, -0.2) is 0 Å². The van der Waals surface area contributed by atoms with Crippen LogP contribution < -0.4 is 9.47 Å². The van der Waals surface area contributed by atoms with Gasteiger partial charge in [0.1, 0.15) is 0 Å². The standard InChI is InChI=1S/C26H46O10S3/c1-25(2,3)19-33-38(27,28)13-9-7-11-31-15-21-22(36-24-18-37-17-23(24)35-21)16-32-12-8-10-14-39(29,30)34-20-26(4,5)6/h17-18,21-22H,7-16,19-20H2,1-6H3/t21-,22-/m1/s1. The first-order chi connectivity index (χ1) is 18.1. The molecule has 0 unspecified atom stereocenters. The molecule has 0 aromatic carbocycles. The van der Waals surface area contributed by atoms with Gasteiger partial charge in [-0.05, 0) is 36.5 Å². The molecule has 0 spiro atoms. The van der Waals surface area contributed by atoms with E-state index in [0.717, 1.165) is 0 Å². The van der Waals surface area contributed by atoms with Gasteiger partial charge in [-0.2, -0.15) is 16.8 Å². The summed E-state index contributed by atoms with van der Waals surface area (Å²) < 4.78 is 81.9. The molecule has 1 aliphatic heterocycles. The minimum Gasteiger partial charge on any atom is -0.479 e. The summed E-state index contributed by atoms with van der Waals surface area (Å²) in [6.45, 7) is 13.1. The Hall–Kier alpha value is -0.960. The van der Waals surface area contributed by atoms with E-state index in [2.05, 4.69) is 0 Å². The van der Waals surface area contributed by atoms with E-state index >= 15 is 0 Å². The van der Waals surface area contributed by atoms with Gasteiger partial charge in [-0.1, -0.05) is 41.5 Å². The molecule has 13 heteroatoms. The van der Waals surface area contributed by atoms with Gasteiger partial charge < -0.3 is 18.9 Å². The van der Waals surface area contributed by atoms with Gasteiger partial charge in [0.25, 0.3) is 20.2 Å². The maximum atomic E-state index is 12.0. The normalized spacial score (nSPS) is 18.4. The van der Waals surface area contributed by atoms with Gasteiger partial charge in [-0.15, -0.1) is 11.3 Å². The number of thiophene rings is 1. The molecule has 10 nitrogen and oxygen atoms in total. The summed E-state index contributed by atoms with van der Waals surface area (Å²) in [5.74, 6) is 1.22. The third kappa shape index (κ3) is 15.0. The monoisotopic (exact) mass is 614 g/mol. The van der Waals surface area contributed by atoms with Gasteiger partial charge >= 0.3 is 0 Å². The number of hydrogen-bond donors (Lipinski definition) is 0. The van der Waals surface area contributed by atoms with Crippen LogP contribution in [-0.4, -0.2) is 80.2 Å². The van der Waals surface area contributed by atoms with Crippen LogP contribution in [0.3, 0.4) is 0 Å². The van der Waals surface area contributed by atoms with Crippen LogP contribution in [0.25, 0.3) is 0 Å². The topological polar surface area (TPSA) is 124 Å². The number of fused-ring (bicyclic) bond motifs is 1. The van der Waals surface area contributed by atoms with Crippen molar-refractivity contribution in [3.63, 3.8) is 0 Å². The molecule has 228 valence electrons. The SMILES string of the molecule is CC(C)(C)COS(=O)(=O)CCCCOC[C@H]1Oc2cscc2O[C@@H]1COCCCCS(=O)(=O)OCC(C)(C)C. The predicted molar refractivity (Wildman–Crippen MR) is 152 cm³/mol. The largest absolute Gasteiger partial charge is 0.479 e. The van der Waals surface area contributed by atoms with Crippen molar-refractivity contribution in [1.82, 2.24) is 0 Å². The van der Waals surface area contributed by atoms with Gasteiger partial charge in [-0.3, -0.25) is 8.37 Å². The second kappa shape index (κ2) is 15.3. The van der Waals surface area contributed by atoms with E-state index < -0.39 is 32.4 Å². The number of ether oxygens (including phenoxy) is 4. The minimum absolute atomic E-state index is 0.0474. The Morgan fingerprint density at radius 3 is 1.44 bits per heavy atom. The van der Waals surface area contributed by atoms with Crippen LogP contribution in [0.1, 0.15) is 67.2 Å². The molecule has 2 atom stereocenters. The molecule has 0 amide bonds. The molecule has 2 rings (SSSR count). The van der Waals surface area contributed by atoms with Gasteiger partial charge in [0, 0.05) is 24.0 Å². The maximum Gasteiger partial charge on any atom is 0.267 e. The van der Waals surface area contributed by atoms with Crippen molar-refractivity contribution in [2.75, 3.05) is 51.1 Å². The lowest BCUT2D eigenvalue weighted by atomic mass is 9.99. The fourth-order valence-corrected chi connectivity index (χ4v) is 6.30. The van der Waals surface area contributed by atoms with E-state index in [4.69, 9.17) is 27.3 Å². The molecular formula is C26H46O10S3. The Morgan fingerprint density at radius 2 is 1.08 bits per heavy atom. The molecular weight excluding hydrogens is 568 g/mol. The van der Waals surface area contributed by atoms with Crippen molar-refractivity contribution >= 4 is 31.6 Å². The first kappa shape index (κ1) is 34.2. The highest BCUT2D eigenvalue weighted by Crippen LogP contribution is 2.37. The molecule has 2 heterocycles. The molecule has 0 bridgehead atoms. The molecule has 1 aliphatic rings. The Kier molecular flexibility index (Phi) is 13.5. The van der Waals surface area contributed by atoms with E-state index in [1.807, 2.05) is 52.3 Å². The van der Waals surface area contributed by atoms with Crippen molar-refractivity contribution in [2.24, 2.45) is 10.8 Å². The number of rotatable bonds is 18. The highest BCUT2D eigenvalue weighted by Gasteiger charge is 2.32. The second-order valence-corrected chi connectivity index (χ2v) is 16.4. The summed E-state index contributed by atoms with van der Waals surface area (Å²) in [7, 11) is -7.10. The minimum atomic E-state index is -3.55. The Labute approximate surface area is 238 Å². The summed E-state index contributed by atoms with van der Waals surface area (Å²) in [5.41, 5.74) is -0.440. The molecule has 0 saturated carbocycles. The van der Waals surface area contributed by atoms with Crippen LogP contribution in [-0.2, 0) is 38.1 Å². The zero-order valence-corrected chi connectivity index (χ0v) is 26.6. The molecule has 0 saturated heterocycles. The van der Waals surface area contributed by atoms with Crippen LogP contribution in [0.2, 0.25) is 0 Å². The molecule has 1 aromatic rings. The summed E-state index contributed by atoms with van der Waals surface area (Å²) >= 11 is 1.48. The van der Waals surface area contributed by atoms with E-state index in [1.165, 1.54) is 11.3 Å². The lowest BCUT2D eigenvalue weighted by molar-refractivity contribution is -0.0660. The van der Waals surface area contributed by atoms with E-state index in [-0.39, 0.29) is 48.8 Å². The molecule has 39 heavy (non-hydrogen) atoms. The fourth-order valence-electron chi connectivity index (χ4n) is 3.22. The van der Waals surface area contributed by atoms with E-state index in [1.54, 1.807) is 0 Å². The van der Waals surface area contributed by atoms with Crippen LogP contribution in [0.5, 0.6) is 11.5 Å². The molecule has 1 aromatic heterocycles. The molecule has 0 N–H and O–H groups in total. The third-order valence-electron chi connectivity index (χ3n) is 5.34. The van der Waals surface area contributed by atoms with Gasteiger partial charge in [0.2, 0.25) is 0 Å². The zero-order chi connectivity index (χ0) is 29.2. The zero-order valence-electron chi connectivity index (χ0n) is 24.1. The van der Waals surface area contributed by atoms with Gasteiger partial charge in [0.05, 0.1) is 37.9 Å². The van der Waals surface area contributed by atoms with Crippen LogP contribution >= 0.6 is 11.3 Å². The number of hydrogen-bond acceptors (Lipinski definition) is 11. The quantitative estimate of drug-likeness (QED) is 0.171. The highest BCUT2D eigenvalue weighted by atomic mass is 32.2. The molecule has 0 aliphatic carbocycles. The predicted octanol–water partition coefficient (Wildman–Crippen LogP) is 4.64. The van der Waals surface area contributed by atoms with Crippen molar-refractivity contribution in [2.45, 2.75) is 79.4 Å². The average molecular weight is 615 g/mol. The molecule has 0 fully saturated rings. The van der Waals surface area contributed by atoms with Crippen LogP contribution in [0.4, 0.5) is 0 Å². The lowest BCUT2D eigenvalue weighted by Gasteiger charge is -2.32. The van der Waals surface area contributed by atoms with E-state index in [9.17, 15) is 16.8 Å². The van der Waals surface area contributed by atoms with Crippen LogP contribution in [0, 0.1) is 10.8 Å². The van der Waals surface area contributed by atoms with Gasteiger partial charge in [0.15, 0.2) is 23.7 Å². The van der Waals surface area contributed by atoms with Crippen molar-refractivity contribution in [3.05, 3.63) is 10.8 Å². The Balaban J connectivity index is 1.68.